The fraction of sp³-hybridized carbons (Fsp3) is 0.500. The number of nitrogens with zero attached hydrogens (tertiary/aromatic N) is 4. The van der Waals surface area contributed by atoms with E-state index in [9.17, 15) is 0 Å². The lowest BCUT2D eigenvalue weighted by Crippen LogP contribution is -2.42. The van der Waals surface area contributed by atoms with Crippen LogP contribution >= 0.6 is 22.9 Å². The number of likely N-dealkylation sites (tertiary alicyclic amines) is 1. The summed E-state index contributed by atoms with van der Waals surface area (Å²) in [6.07, 6.45) is 3.25. The third-order valence-electron chi connectivity index (χ3n) is 6.34. The maximum absolute atomic E-state index is 6.39. The summed E-state index contributed by atoms with van der Waals surface area (Å²) in [5.74, 6) is 1.50. The Morgan fingerprint density at radius 3 is 2.43 bits per heavy atom. The van der Waals surface area contributed by atoms with Crippen molar-refractivity contribution in [3.8, 4) is 11.1 Å². The SMILES string of the molecule is CCc1sc2nc(Cl)nc(N(C)C3CCN(C)CC3)c2c1-c1ccc(C(C)C)cc1. The maximum atomic E-state index is 6.39. The van der Waals surface area contributed by atoms with Gasteiger partial charge in [0.2, 0.25) is 5.28 Å². The zero-order chi connectivity index (χ0) is 21.4. The number of thiophene rings is 1. The molecular weight excluding hydrogens is 412 g/mol. The van der Waals surface area contributed by atoms with E-state index in [0.29, 0.717) is 17.2 Å². The highest BCUT2D eigenvalue weighted by Crippen LogP contribution is 2.43. The van der Waals surface area contributed by atoms with E-state index in [-0.39, 0.29) is 0 Å². The lowest BCUT2D eigenvalue weighted by atomic mass is 9.96. The van der Waals surface area contributed by atoms with Crippen LogP contribution in [0.3, 0.4) is 0 Å². The third kappa shape index (κ3) is 4.08. The Balaban J connectivity index is 1.85. The summed E-state index contributed by atoms with van der Waals surface area (Å²) >= 11 is 8.14. The van der Waals surface area contributed by atoms with E-state index < -0.39 is 0 Å². The number of hydrogen-bond donors (Lipinski definition) is 0. The number of piperidine rings is 1. The molecule has 0 N–H and O–H groups in total. The average molecular weight is 443 g/mol. The summed E-state index contributed by atoms with van der Waals surface area (Å²) in [6, 6.07) is 9.48. The molecule has 30 heavy (non-hydrogen) atoms. The molecule has 3 heterocycles. The first kappa shape index (κ1) is 21.5. The minimum atomic E-state index is 0.336. The minimum absolute atomic E-state index is 0.336. The van der Waals surface area contributed by atoms with Gasteiger partial charge in [0.05, 0.1) is 5.39 Å². The third-order valence-corrected chi connectivity index (χ3v) is 7.73. The molecule has 2 aromatic heterocycles. The zero-order valence-electron chi connectivity index (χ0n) is 18.6. The molecule has 0 spiro atoms. The number of aryl methyl sites for hydroxylation is 1. The number of anilines is 1. The standard InChI is InChI=1S/C24H31ClN4S/c1-6-19-20(17-9-7-16(8-10-17)15(2)3)21-22(26-24(25)27-23(21)30-19)29(5)18-11-13-28(4)14-12-18/h7-10,15,18H,6,11-14H2,1-5H3. The van der Waals surface area contributed by atoms with Crippen LogP contribution in [-0.2, 0) is 6.42 Å². The van der Waals surface area contributed by atoms with Gasteiger partial charge in [-0.05, 0) is 68.0 Å². The second-order valence-corrected chi connectivity index (χ2v) is 10.1. The zero-order valence-corrected chi connectivity index (χ0v) is 20.1. The largest absolute Gasteiger partial charge is 0.356 e. The number of hydrogen-bond acceptors (Lipinski definition) is 5. The summed E-state index contributed by atoms with van der Waals surface area (Å²) in [5.41, 5.74) is 3.88. The number of fused-ring (bicyclic) bond motifs is 1. The van der Waals surface area contributed by atoms with Crippen molar-refractivity contribution >= 4 is 39.0 Å². The number of rotatable bonds is 5. The van der Waals surface area contributed by atoms with Gasteiger partial charge in [-0.2, -0.15) is 4.98 Å². The molecule has 0 saturated carbocycles. The van der Waals surface area contributed by atoms with Crippen LogP contribution in [0, 0.1) is 0 Å². The van der Waals surface area contributed by atoms with Crippen LogP contribution in [0.1, 0.15) is 50.0 Å². The van der Waals surface area contributed by atoms with Gasteiger partial charge in [0.25, 0.3) is 0 Å². The van der Waals surface area contributed by atoms with Gasteiger partial charge in [0, 0.05) is 23.5 Å². The van der Waals surface area contributed by atoms with Crippen molar-refractivity contribution in [2.75, 3.05) is 32.1 Å². The van der Waals surface area contributed by atoms with Crippen LogP contribution in [-0.4, -0.2) is 48.1 Å². The van der Waals surface area contributed by atoms with Crippen LogP contribution in [0.15, 0.2) is 24.3 Å². The van der Waals surface area contributed by atoms with Gasteiger partial charge in [0.1, 0.15) is 10.6 Å². The molecule has 1 fully saturated rings. The lowest BCUT2D eigenvalue weighted by molar-refractivity contribution is 0.252. The molecule has 0 radical (unpaired) electrons. The highest BCUT2D eigenvalue weighted by molar-refractivity contribution is 7.19. The number of halogens is 1. The van der Waals surface area contributed by atoms with Crippen molar-refractivity contribution in [2.24, 2.45) is 0 Å². The Hall–Kier alpha value is -1.69. The van der Waals surface area contributed by atoms with Crippen LogP contribution in [0.2, 0.25) is 5.28 Å². The monoisotopic (exact) mass is 442 g/mol. The predicted octanol–water partition coefficient (Wildman–Crippen LogP) is 6.23. The van der Waals surface area contributed by atoms with Gasteiger partial charge in [-0.1, -0.05) is 45.0 Å². The van der Waals surface area contributed by atoms with Gasteiger partial charge in [-0.25, -0.2) is 4.98 Å². The second kappa shape index (κ2) is 8.81. The molecule has 1 aliphatic heterocycles. The molecule has 0 amide bonds. The van der Waals surface area contributed by atoms with Gasteiger partial charge < -0.3 is 9.80 Å². The van der Waals surface area contributed by atoms with E-state index in [1.165, 1.54) is 21.6 Å². The Morgan fingerprint density at radius 1 is 1.17 bits per heavy atom. The molecule has 3 aromatic rings. The van der Waals surface area contributed by atoms with Crippen molar-refractivity contribution in [1.29, 1.82) is 0 Å². The Morgan fingerprint density at radius 2 is 1.83 bits per heavy atom. The fourth-order valence-electron chi connectivity index (χ4n) is 4.40. The van der Waals surface area contributed by atoms with Gasteiger partial charge in [-0.3, -0.25) is 0 Å². The first-order chi connectivity index (χ1) is 14.4. The van der Waals surface area contributed by atoms with Crippen molar-refractivity contribution < 1.29 is 0 Å². The molecule has 0 aliphatic carbocycles. The Kier molecular flexibility index (Phi) is 6.33. The van der Waals surface area contributed by atoms with E-state index in [1.54, 1.807) is 11.3 Å². The molecular formula is C24H31ClN4S. The summed E-state index contributed by atoms with van der Waals surface area (Å²) in [6.45, 7) is 8.91. The van der Waals surface area contributed by atoms with Crippen molar-refractivity contribution in [2.45, 2.75) is 52.0 Å². The van der Waals surface area contributed by atoms with Crippen LogP contribution in [0.4, 0.5) is 5.82 Å². The Bertz CT molecular complexity index is 1020. The van der Waals surface area contributed by atoms with E-state index in [2.05, 4.69) is 73.9 Å². The molecule has 0 unspecified atom stereocenters. The minimum Gasteiger partial charge on any atom is -0.356 e. The molecule has 160 valence electrons. The average Bonchev–Trinajstić information content (AvgIpc) is 3.11. The van der Waals surface area contributed by atoms with Gasteiger partial charge in [0.15, 0.2) is 0 Å². The smallest absolute Gasteiger partial charge is 0.225 e. The van der Waals surface area contributed by atoms with Gasteiger partial charge in [-0.15, -0.1) is 11.3 Å². The summed E-state index contributed by atoms with van der Waals surface area (Å²) in [7, 11) is 4.37. The fourth-order valence-corrected chi connectivity index (χ4v) is 5.74. The summed E-state index contributed by atoms with van der Waals surface area (Å²) < 4.78 is 0. The van der Waals surface area contributed by atoms with Crippen LogP contribution in [0.25, 0.3) is 21.3 Å². The quantitative estimate of drug-likeness (QED) is 0.438. The molecule has 0 atom stereocenters. The van der Waals surface area contributed by atoms with Crippen LogP contribution in [0.5, 0.6) is 0 Å². The lowest BCUT2D eigenvalue weighted by Gasteiger charge is -2.36. The Labute approximate surface area is 188 Å². The van der Waals surface area contributed by atoms with Gasteiger partial charge >= 0.3 is 0 Å². The number of aromatic nitrogens is 2. The summed E-state index contributed by atoms with van der Waals surface area (Å²) in [5, 5.41) is 1.49. The van der Waals surface area contributed by atoms with E-state index in [1.807, 2.05) is 0 Å². The molecule has 4 nitrogen and oxygen atoms in total. The van der Waals surface area contributed by atoms with E-state index in [0.717, 1.165) is 48.4 Å². The molecule has 1 aliphatic rings. The highest BCUT2D eigenvalue weighted by atomic mass is 35.5. The molecule has 4 rings (SSSR count). The maximum Gasteiger partial charge on any atom is 0.225 e. The van der Waals surface area contributed by atoms with E-state index >= 15 is 0 Å². The van der Waals surface area contributed by atoms with Crippen molar-refractivity contribution in [1.82, 2.24) is 14.9 Å². The normalized spacial score (nSPS) is 16.0. The number of benzene rings is 1. The molecule has 1 aromatic carbocycles. The van der Waals surface area contributed by atoms with E-state index in [4.69, 9.17) is 16.6 Å². The highest BCUT2D eigenvalue weighted by Gasteiger charge is 2.26. The van der Waals surface area contributed by atoms with Crippen molar-refractivity contribution in [3.05, 3.63) is 40.0 Å². The molecule has 0 bridgehead atoms. The predicted molar refractivity (Wildman–Crippen MR) is 130 cm³/mol. The molecule has 6 heteroatoms. The second-order valence-electron chi connectivity index (χ2n) is 8.67. The molecule has 1 saturated heterocycles. The first-order valence-electron chi connectivity index (χ1n) is 10.9. The summed E-state index contributed by atoms with van der Waals surface area (Å²) in [4.78, 5) is 16.4. The first-order valence-corrected chi connectivity index (χ1v) is 12.1. The van der Waals surface area contributed by atoms with Crippen molar-refractivity contribution in [3.63, 3.8) is 0 Å². The van der Waals surface area contributed by atoms with Crippen LogP contribution < -0.4 is 4.90 Å². The topological polar surface area (TPSA) is 32.3 Å².